The summed E-state index contributed by atoms with van der Waals surface area (Å²) in [5.74, 6) is 1.91. The van der Waals surface area contributed by atoms with Gasteiger partial charge in [-0.2, -0.15) is 0 Å². The minimum absolute atomic E-state index is 0.118. The van der Waals surface area contributed by atoms with Crippen LogP contribution in [0, 0.1) is 0 Å². The molecule has 2 aromatic carbocycles. The molecule has 0 atom stereocenters. The van der Waals surface area contributed by atoms with Crippen molar-refractivity contribution in [3.05, 3.63) is 48.5 Å². The molecule has 0 radical (unpaired) electrons. The summed E-state index contributed by atoms with van der Waals surface area (Å²) in [5.41, 5.74) is 0.698. The summed E-state index contributed by atoms with van der Waals surface area (Å²) in [6.45, 7) is 2.76. The van der Waals surface area contributed by atoms with Crippen LogP contribution in [0.5, 0.6) is 17.2 Å². The third-order valence-electron chi connectivity index (χ3n) is 3.09. The topological polar surface area (TPSA) is 56.8 Å². The van der Waals surface area contributed by atoms with E-state index in [2.05, 4.69) is 5.32 Å². The molecule has 1 N–H and O–H groups in total. The number of hydrogen-bond acceptors (Lipinski definition) is 4. The number of anilines is 1. The van der Waals surface area contributed by atoms with Crippen molar-refractivity contribution in [2.75, 3.05) is 25.6 Å². The van der Waals surface area contributed by atoms with E-state index < -0.39 is 0 Å². The van der Waals surface area contributed by atoms with Crippen LogP contribution in [0.2, 0.25) is 0 Å². The number of benzene rings is 2. The van der Waals surface area contributed by atoms with Crippen LogP contribution in [-0.2, 0) is 4.79 Å². The summed E-state index contributed by atoms with van der Waals surface area (Å²) >= 11 is 0. The fourth-order valence-corrected chi connectivity index (χ4v) is 2.02. The molecule has 122 valence electrons. The number of carbonyl (C=O) groups is 1. The highest BCUT2D eigenvalue weighted by atomic mass is 16.5. The molecule has 0 bridgehead atoms. The van der Waals surface area contributed by atoms with Crippen molar-refractivity contribution >= 4 is 11.6 Å². The lowest BCUT2D eigenvalue weighted by Gasteiger charge is -2.11. The van der Waals surface area contributed by atoms with E-state index in [0.717, 1.165) is 0 Å². The quantitative estimate of drug-likeness (QED) is 0.810. The molecule has 5 nitrogen and oxygen atoms in total. The minimum atomic E-state index is -0.118. The monoisotopic (exact) mass is 315 g/mol. The third kappa shape index (κ3) is 5.21. The Morgan fingerprint density at radius 3 is 2.48 bits per heavy atom. The van der Waals surface area contributed by atoms with E-state index in [1.807, 2.05) is 49.4 Å². The molecule has 2 rings (SSSR count). The Bertz CT molecular complexity index is 642. The second-order valence-electron chi connectivity index (χ2n) is 4.76. The number of amides is 1. The van der Waals surface area contributed by atoms with E-state index in [1.165, 1.54) is 0 Å². The maximum Gasteiger partial charge on any atom is 0.227 e. The van der Waals surface area contributed by atoms with Gasteiger partial charge in [-0.25, -0.2) is 0 Å². The van der Waals surface area contributed by atoms with Crippen molar-refractivity contribution in [1.29, 1.82) is 0 Å². The van der Waals surface area contributed by atoms with Crippen molar-refractivity contribution in [1.82, 2.24) is 0 Å². The van der Waals surface area contributed by atoms with Crippen LogP contribution in [0.4, 0.5) is 5.69 Å². The van der Waals surface area contributed by atoms with Crippen LogP contribution in [0.15, 0.2) is 48.5 Å². The van der Waals surface area contributed by atoms with Crippen molar-refractivity contribution in [2.45, 2.75) is 13.3 Å². The molecule has 0 spiro atoms. The van der Waals surface area contributed by atoms with Gasteiger partial charge in [0.1, 0.15) is 5.75 Å². The Balaban J connectivity index is 1.83. The molecule has 0 heterocycles. The summed E-state index contributed by atoms with van der Waals surface area (Å²) in [6, 6.07) is 14.6. The minimum Gasteiger partial charge on any atom is -0.497 e. The number of para-hydroxylation sites is 2. The summed E-state index contributed by atoms with van der Waals surface area (Å²) in [6.07, 6.45) is 0.248. The number of hydrogen-bond donors (Lipinski definition) is 1. The van der Waals surface area contributed by atoms with Gasteiger partial charge < -0.3 is 19.5 Å². The predicted molar refractivity (Wildman–Crippen MR) is 89.3 cm³/mol. The van der Waals surface area contributed by atoms with Gasteiger partial charge in [0.05, 0.1) is 26.7 Å². The summed E-state index contributed by atoms with van der Waals surface area (Å²) in [4.78, 5) is 11.9. The lowest BCUT2D eigenvalue weighted by atomic mass is 10.3. The van der Waals surface area contributed by atoms with E-state index in [-0.39, 0.29) is 18.9 Å². The van der Waals surface area contributed by atoms with E-state index in [9.17, 15) is 4.79 Å². The molecular formula is C18H21NO4. The number of nitrogens with one attached hydrogen (secondary N) is 1. The molecule has 1 amide bonds. The second-order valence-corrected chi connectivity index (χ2v) is 4.76. The van der Waals surface area contributed by atoms with E-state index in [4.69, 9.17) is 14.2 Å². The zero-order valence-corrected chi connectivity index (χ0v) is 13.4. The first-order chi connectivity index (χ1) is 11.2. The van der Waals surface area contributed by atoms with Crippen molar-refractivity contribution in [3.63, 3.8) is 0 Å². The predicted octanol–water partition coefficient (Wildman–Crippen LogP) is 3.50. The Morgan fingerprint density at radius 2 is 1.78 bits per heavy atom. The average molecular weight is 315 g/mol. The van der Waals surface area contributed by atoms with Gasteiger partial charge in [-0.1, -0.05) is 18.2 Å². The number of carbonyl (C=O) groups excluding carboxylic acids is 1. The maximum absolute atomic E-state index is 11.9. The molecule has 5 heteroatoms. The van der Waals surface area contributed by atoms with Crippen LogP contribution in [0.3, 0.4) is 0 Å². The fraction of sp³-hybridized carbons (Fsp3) is 0.278. The SMILES string of the molecule is CCOc1ccccc1OCCC(=O)Nc1cccc(OC)c1. The molecule has 0 aliphatic rings. The van der Waals surface area contributed by atoms with Gasteiger partial charge in [0.2, 0.25) is 5.91 Å². The summed E-state index contributed by atoms with van der Waals surface area (Å²) in [7, 11) is 1.59. The molecule has 0 fully saturated rings. The normalized spacial score (nSPS) is 10.0. The summed E-state index contributed by atoms with van der Waals surface area (Å²) < 4.78 is 16.2. The van der Waals surface area contributed by atoms with Gasteiger partial charge in [-0.15, -0.1) is 0 Å². The van der Waals surface area contributed by atoms with Gasteiger partial charge in [0, 0.05) is 11.8 Å². The third-order valence-corrected chi connectivity index (χ3v) is 3.09. The zero-order chi connectivity index (χ0) is 16.5. The van der Waals surface area contributed by atoms with Crippen LogP contribution in [0.25, 0.3) is 0 Å². The average Bonchev–Trinajstić information content (AvgIpc) is 2.57. The number of methoxy groups -OCH3 is 1. The van der Waals surface area contributed by atoms with E-state index in [1.54, 1.807) is 13.2 Å². The van der Waals surface area contributed by atoms with Crippen molar-refractivity contribution in [2.24, 2.45) is 0 Å². The zero-order valence-electron chi connectivity index (χ0n) is 13.4. The molecule has 2 aromatic rings. The smallest absolute Gasteiger partial charge is 0.227 e. The second kappa shape index (κ2) is 8.68. The molecule has 0 saturated heterocycles. The Hall–Kier alpha value is -2.69. The van der Waals surface area contributed by atoms with Crippen molar-refractivity contribution in [3.8, 4) is 17.2 Å². The maximum atomic E-state index is 11.9. The standard InChI is InChI=1S/C18H21NO4/c1-3-22-16-9-4-5-10-17(16)23-12-11-18(20)19-14-7-6-8-15(13-14)21-2/h4-10,13H,3,11-12H2,1-2H3,(H,19,20). The fourth-order valence-electron chi connectivity index (χ4n) is 2.02. The Labute approximate surface area is 136 Å². The van der Waals surface area contributed by atoms with E-state index >= 15 is 0 Å². The lowest BCUT2D eigenvalue weighted by Crippen LogP contribution is -2.15. The molecular weight excluding hydrogens is 294 g/mol. The number of rotatable bonds is 8. The van der Waals surface area contributed by atoms with Gasteiger partial charge in [-0.3, -0.25) is 4.79 Å². The lowest BCUT2D eigenvalue weighted by molar-refractivity contribution is -0.116. The molecule has 0 unspecified atom stereocenters. The van der Waals surface area contributed by atoms with Gasteiger partial charge in [-0.05, 0) is 31.2 Å². The molecule has 0 aliphatic carbocycles. The summed E-state index contributed by atoms with van der Waals surface area (Å²) in [5, 5.41) is 2.81. The number of ether oxygens (including phenoxy) is 3. The van der Waals surface area contributed by atoms with E-state index in [0.29, 0.717) is 29.5 Å². The first-order valence-electron chi connectivity index (χ1n) is 7.51. The van der Waals surface area contributed by atoms with Crippen LogP contribution >= 0.6 is 0 Å². The van der Waals surface area contributed by atoms with Crippen molar-refractivity contribution < 1.29 is 19.0 Å². The highest BCUT2D eigenvalue weighted by molar-refractivity contribution is 5.90. The van der Waals surface area contributed by atoms with Crippen LogP contribution < -0.4 is 19.5 Å². The molecule has 0 aromatic heterocycles. The highest BCUT2D eigenvalue weighted by Gasteiger charge is 2.07. The molecule has 0 aliphatic heterocycles. The van der Waals surface area contributed by atoms with Crippen LogP contribution in [0.1, 0.15) is 13.3 Å². The highest BCUT2D eigenvalue weighted by Crippen LogP contribution is 2.26. The van der Waals surface area contributed by atoms with Gasteiger partial charge in [0.25, 0.3) is 0 Å². The Morgan fingerprint density at radius 1 is 1.04 bits per heavy atom. The Kier molecular flexibility index (Phi) is 6.29. The van der Waals surface area contributed by atoms with Gasteiger partial charge in [0.15, 0.2) is 11.5 Å². The largest absolute Gasteiger partial charge is 0.497 e. The van der Waals surface area contributed by atoms with Crippen LogP contribution in [-0.4, -0.2) is 26.2 Å². The van der Waals surface area contributed by atoms with Gasteiger partial charge >= 0.3 is 0 Å². The first-order valence-corrected chi connectivity index (χ1v) is 7.51. The molecule has 0 saturated carbocycles. The first kappa shape index (κ1) is 16.7. The molecule has 23 heavy (non-hydrogen) atoms.